The van der Waals surface area contributed by atoms with E-state index in [1.54, 1.807) is 4.90 Å². The van der Waals surface area contributed by atoms with Crippen LogP contribution in [-0.2, 0) is 9.59 Å². The lowest BCUT2D eigenvalue weighted by atomic mass is 9.97. The van der Waals surface area contributed by atoms with Crippen molar-refractivity contribution in [3.05, 3.63) is 0 Å². The third-order valence-corrected chi connectivity index (χ3v) is 3.19. The Hall–Kier alpha value is -1.06. The average molecular weight is 240 g/mol. The van der Waals surface area contributed by atoms with Crippen LogP contribution < -0.4 is 5.32 Å². The maximum atomic E-state index is 12.2. The van der Waals surface area contributed by atoms with Gasteiger partial charge in [-0.2, -0.15) is 0 Å². The second kappa shape index (κ2) is 6.03. The van der Waals surface area contributed by atoms with Crippen molar-refractivity contribution in [2.45, 2.75) is 59.0 Å². The molecule has 2 amide bonds. The lowest BCUT2D eigenvalue weighted by Gasteiger charge is -2.39. The maximum Gasteiger partial charge on any atom is 0.245 e. The quantitative estimate of drug-likeness (QED) is 0.792. The number of carbonyl (C=O) groups excluding carboxylic acids is 2. The number of hydrogen-bond donors (Lipinski definition) is 1. The molecular weight excluding hydrogens is 216 g/mol. The van der Waals surface area contributed by atoms with E-state index >= 15 is 0 Å². The minimum Gasteiger partial charge on any atom is -0.342 e. The normalized spacial score (nSPS) is 25.4. The van der Waals surface area contributed by atoms with Gasteiger partial charge < -0.3 is 10.2 Å². The minimum atomic E-state index is -0.324. The van der Waals surface area contributed by atoms with Gasteiger partial charge in [0.2, 0.25) is 11.8 Å². The molecule has 0 aromatic rings. The molecule has 0 bridgehead atoms. The molecule has 17 heavy (non-hydrogen) atoms. The van der Waals surface area contributed by atoms with Gasteiger partial charge in [0.25, 0.3) is 0 Å². The van der Waals surface area contributed by atoms with Crippen molar-refractivity contribution in [3.63, 3.8) is 0 Å². The minimum absolute atomic E-state index is 0.0129. The molecular formula is C13H24N2O2. The van der Waals surface area contributed by atoms with E-state index < -0.39 is 0 Å². The van der Waals surface area contributed by atoms with Crippen molar-refractivity contribution in [2.75, 3.05) is 6.54 Å². The Morgan fingerprint density at radius 3 is 2.41 bits per heavy atom. The van der Waals surface area contributed by atoms with Crippen LogP contribution in [0.3, 0.4) is 0 Å². The van der Waals surface area contributed by atoms with Gasteiger partial charge in [0.05, 0.1) is 0 Å². The average Bonchev–Trinajstić information content (AvgIpc) is 2.25. The standard InChI is InChI=1S/C13H24N2O2/c1-5-7-11-12(16)14-10(8-9(3)4)13(17)15(11)6-2/h9-11H,5-8H2,1-4H3,(H,14,16). The van der Waals surface area contributed by atoms with Crippen molar-refractivity contribution in [1.82, 2.24) is 10.2 Å². The zero-order valence-electron chi connectivity index (χ0n) is 11.3. The highest BCUT2D eigenvalue weighted by Gasteiger charge is 2.38. The Morgan fingerprint density at radius 1 is 1.29 bits per heavy atom. The van der Waals surface area contributed by atoms with Gasteiger partial charge in [-0.3, -0.25) is 9.59 Å². The zero-order chi connectivity index (χ0) is 13.0. The number of nitrogens with one attached hydrogen (secondary N) is 1. The summed E-state index contributed by atoms with van der Waals surface area (Å²) in [5.74, 6) is 0.504. The molecule has 0 aromatic heterocycles. The third-order valence-electron chi connectivity index (χ3n) is 3.19. The molecule has 1 N–H and O–H groups in total. The van der Waals surface area contributed by atoms with Gasteiger partial charge in [-0.1, -0.05) is 27.2 Å². The monoisotopic (exact) mass is 240 g/mol. The Kier molecular flexibility index (Phi) is 4.97. The van der Waals surface area contributed by atoms with Crippen LogP contribution in [0.4, 0.5) is 0 Å². The van der Waals surface area contributed by atoms with E-state index in [1.165, 1.54) is 0 Å². The van der Waals surface area contributed by atoms with Crippen LogP contribution >= 0.6 is 0 Å². The largest absolute Gasteiger partial charge is 0.342 e. The van der Waals surface area contributed by atoms with Crippen LogP contribution in [-0.4, -0.2) is 35.3 Å². The summed E-state index contributed by atoms with van der Waals surface area (Å²) in [5.41, 5.74) is 0. The molecule has 0 saturated carbocycles. The Bertz CT molecular complexity index is 289. The molecule has 1 aliphatic heterocycles. The summed E-state index contributed by atoms with van der Waals surface area (Å²) in [6.07, 6.45) is 2.39. The first kappa shape index (κ1) is 14.0. The molecule has 1 saturated heterocycles. The summed E-state index contributed by atoms with van der Waals surface area (Å²) in [6.45, 7) is 8.71. The number of amides is 2. The van der Waals surface area contributed by atoms with Gasteiger partial charge in [0.1, 0.15) is 12.1 Å². The Labute approximate surface area is 104 Å². The number of piperazine rings is 1. The molecule has 0 spiro atoms. The van der Waals surface area contributed by atoms with Gasteiger partial charge in [-0.25, -0.2) is 0 Å². The third kappa shape index (κ3) is 3.20. The SMILES string of the molecule is CCCC1C(=O)NC(CC(C)C)C(=O)N1CC. The summed E-state index contributed by atoms with van der Waals surface area (Å²) >= 11 is 0. The lowest BCUT2D eigenvalue weighted by molar-refractivity contribution is -0.149. The van der Waals surface area contributed by atoms with Crippen molar-refractivity contribution >= 4 is 11.8 Å². The molecule has 2 atom stereocenters. The highest BCUT2D eigenvalue weighted by Crippen LogP contribution is 2.18. The van der Waals surface area contributed by atoms with Crippen LogP contribution in [0.1, 0.15) is 47.0 Å². The van der Waals surface area contributed by atoms with Crippen LogP contribution in [0, 0.1) is 5.92 Å². The van der Waals surface area contributed by atoms with Crippen molar-refractivity contribution in [1.29, 1.82) is 0 Å². The first-order chi connectivity index (χ1) is 8.01. The molecule has 1 heterocycles. The molecule has 4 nitrogen and oxygen atoms in total. The summed E-state index contributed by atoms with van der Waals surface area (Å²) in [7, 11) is 0. The molecule has 0 aromatic carbocycles. The summed E-state index contributed by atoms with van der Waals surface area (Å²) in [6, 6.07) is -0.587. The highest BCUT2D eigenvalue weighted by atomic mass is 16.2. The highest BCUT2D eigenvalue weighted by molar-refractivity contribution is 5.96. The number of likely N-dealkylation sites (N-methyl/N-ethyl adjacent to an activating group) is 1. The number of nitrogens with zero attached hydrogens (tertiary/aromatic N) is 1. The molecule has 1 rings (SSSR count). The number of rotatable bonds is 5. The molecule has 4 heteroatoms. The Balaban J connectivity index is 2.79. The van der Waals surface area contributed by atoms with Gasteiger partial charge in [0, 0.05) is 6.54 Å². The molecule has 1 aliphatic rings. The molecule has 1 fully saturated rings. The van der Waals surface area contributed by atoms with E-state index in [4.69, 9.17) is 0 Å². The van der Waals surface area contributed by atoms with Crippen molar-refractivity contribution < 1.29 is 9.59 Å². The predicted octanol–water partition coefficient (Wildman–Crippen LogP) is 1.55. The predicted molar refractivity (Wildman–Crippen MR) is 67.5 cm³/mol. The van der Waals surface area contributed by atoms with E-state index in [0.29, 0.717) is 12.5 Å². The second-order valence-corrected chi connectivity index (χ2v) is 5.12. The summed E-state index contributed by atoms with van der Waals surface area (Å²) < 4.78 is 0. The second-order valence-electron chi connectivity index (χ2n) is 5.12. The van der Waals surface area contributed by atoms with Gasteiger partial charge in [-0.05, 0) is 25.7 Å². The summed E-state index contributed by atoms with van der Waals surface area (Å²) in [5, 5.41) is 2.87. The first-order valence-electron chi connectivity index (χ1n) is 6.62. The van der Waals surface area contributed by atoms with Crippen LogP contribution in [0.25, 0.3) is 0 Å². The van der Waals surface area contributed by atoms with Gasteiger partial charge >= 0.3 is 0 Å². The fourth-order valence-corrected chi connectivity index (χ4v) is 2.39. The Morgan fingerprint density at radius 2 is 1.94 bits per heavy atom. The fraction of sp³-hybridized carbons (Fsp3) is 0.846. The van der Waals surface area contributed by atoms with E-state index in [2.05, 4.69) is 19.2 Å². The zero-order valence-corrected chi connectivity index (χ0v) is 11.3. The van der Waals surface area contributed by atoms with Gasteiger partial charge in [-0.15, -0.1) is 0 Å². The van der Waals surface area contributed by atoms with Crippen LogP contribution in [0.2, 0.25) is 0 Å². The van der Waals surface area contributed by atoms with E-state index in [1.807, 2.05) is 13.8 Å². The van der Waals surface area contributed by atoms with Gasteiger partial charge in [0.15, 0.2) is 0 Å². The number of hydrogen-bond acceptors (Lipinski definition) is 2. The summed E-state index contributed by atoms with van der Waals surface area (Å²) in [4.78, 5) is 26.0. The first-order valence-corrected chi connectivity index (χ1v) is 6.62. The smallest absolute Gasteiger partial charge is 0.245 e. The number of carbonyl (C=O) groups is 2. The van der Waals surface area contributed by atoms with Crippen molar-refractivity contribution in [2.24, 2.45) is 5.92 Å². The van der Waals surface area contributed by atoms with E-state index in [-0.39, 0.29) is 23.9 Å². The molecule has 98 valence electrons. The lowest BCUT2D eigenvalue weighted by Crippen LogP contribution is -2.63. The maximum absolute atomic E-state index is 12.2. The molecule has 2 unspecified atom stereocenters. The fourth-order valence-electron chi connectivity index (χ4n) is 2.39. The van der Waals surface area contributed by atoms with Crippen molar-refractivity contribution in [3.8, 4) is 0 Å². The topological polar surface area (TPSA) is 49.4 Å². The molecule has 0 aliphatic carbocycles. The van der Waals surface area contributed by atoms with E-state index in [0.717, 1.165) is 19.3 Å². The van der Waals surface area contributed by atoms with Crippen LogP contribution in [0.15, 0.2) is 0 Å². The van der Waals surface area contributed by atoms with E-state index in [9.17, 15) is 9.59 Å². The molecule has 0 radical (unpaired) electrons. The van der Waals surface area contributed by atoms with Crippen LogP contribution in [0.5, 0.6) is 0 Å².